The van der Waals surface area contributed by atoms with Crippen LogP contribution in [0.15, 0.2) is 33.4 Å². The lowest BCUT2D eigenvalue weighted by Gasteiger charge is -2.05. The van der Waals surface area contributed by atoms with Gasteiger partial charge in [0, 0.05) is 5.39 Å². The SMILES string of the molecule is FC(F)(F)c1ccc2occ(Br)c2c1. The summed E-state index contributed by atoms with van der Waals surface area (Å²) in [5.41, 5.74) is -0.239. The zero-order valence-corrected chi connectivity index (χ0v) is 8.32. The maximum absolute atomic E-state index is 12.3. The molecule has 0 atom stereocenters. The fraction of sp³-hybridized carbons (Fsp3) is 0.111. The summed E-state index contributed by atoms with van der Waals surface area (Å²) in [4.78, 5) is 0. The van der Waals surface area contributed by atoms with Gasteiger partial charge in [0.05, 0.1) is 10.0 Å². The van der Waals surface area contributed by atoms with Crippen LogP contribution in [0.4, 0.5) is 13.2 Å². The monoisotopic (exact) mass is 264 g/mol. The van der Waals surface area contributed by atoms with Crippen LogP contribution in [0, 0.1) is 0 Å². The van der Waals surface area contributed by atoms with Crippen molar-refractivity contribution in [3.8, 4) is 0 Å². The second-order valence-corrected chi connectivity index (χ2v) is 3.65. The lowest BCUT2D eigenvalue weighted by Crippen LogP contribution is -2.03. The van der Waals surface area contributed by atoms with Gasteiger partial charge in [0.2, 0.25) is 0 Å². The highest BCUT2D eigenvalue weighted by Crippen LogP contribution is 2.34. The molecule has 0 spiro atoms. The Kier molecular flexibility index (Phi) is 2.06. The largest absolute Gasteiger partial charge is 0.463 e. The quantitative estimate of drug-likeness (QED) is 0.695. The average Bonchev–Trinajstić information content (AvgIpc) is 2.46. The van der Waals surface area contributed by atoms with Crippen LogP contribution in [0.3, 0.4) is 0 Å². The van der Waals surface area contributed by atoms with Crippen molar-refractivity contribution in [2.45, 2.75) is 6.18 Å². The Balaban J connectivity index is 2.66. The topological polar surface area (TPSA) is 13.1 Å². The molecular formula is C9H4BrF3O. The number of fused-ring (bicyclic) bond motifs is 1. The highest BCUT2D eigenvalue weighted by molar-refractivity contribution is 9.10. The van der Waals surface area contributed by atoms with Crippen LogP contribution in [-0.2, 0) is 6.18 Å². The molecular weight excluding hydrogens is 261 g/mol. The van der Waals surface area contributed by atoms with Crippen LogP contribution in [0.2, 0.25) is 0 Å². The van der Waals surface area contributed by atoms with Crippen LogP contribution in [0.1, 0.15) is 5.56 Å². The highest BCUT2D eigenvalue weighted by Gasteiger charge is 2.30. The van der Waals surface area contributed by atoms with E-state index in [0.717, 1.165) is 12.1 Å². The summed E-state index contributed by atoms with van der Waals surface area (Å²) >= 11 is 3.11. The zero-order chi connectivity index (χ0) is 10.3. The predicted molar refractivity (Wildman–Crippen MR) is 48.9 cm³/mol. The first kappa shape index (κ1) is 9.58. The number of halogens is 4. The van der Waals surface area contributed by atoms with Gasteiger partial charge in [0.15, 0.2) is 0 Å². The van der Waals surface area contributed by atoms with Gasteiger partial charge in [-0.25, -0.2) is 0 Å². The van der Waals surface area contributed by atoms with E-state index in [1.807, 2.05) is 0 Å². The van der Waals surface area contributed by atoms with Gasteiger partial charge in [-0.05, 0) is 34.1 Å². The van der Waals surface area contributed by atoms with Gasteiger partial charge >= 0.3 is 6.18 Å². The molecule has 0 saturated carbocycles. The summed E-state index contributed by atoms with van der Waals surface area (Å²) in [6, 6.07) is 3.37. The fourth-order valence-electron chi connectivity index (χ4n) is 1.17. The number of hydrogen-bond donors (Lipinski definition) is 0. The standard InChI is InChI=1S/C9H4BrF3O/c10-7-4-14-8-2-1-5(3-6(7)8)9(11,12)13/h1-4H. The molecule has 0 unspecified atom stereocenters. The smallest absolute Gasteiger partial charge is 0.416 e. The molecule has 74 valence electrons. The first-order chi connectivity index (χ1) is 6.48. The Hall–Kier alpha value is -0.970. The second-order valence-electron chi connectivity index (χ2n) is 2.79. The second kappa shape index (κ2) is 3.02. The van der Waals surface area contributed by atoms with Crippen LogP contribution in [-0.4, -0.2) is 0 Å². The molecule has 0 radical (unpaired) electrons. The van der Waals surface area contributed by atoms with Gasteiger partial charge in [0.25, 0.3) is 0 Å². The number of alkyl halides is 3. The maximum Gasteiger partial charge on any atom is 0.416 e. The van der Waals surface area contributed by atoms with E-state index in [1.54, 1.807) is 0 Å². The highest BCUT2D eigenvalue weighted by atomic mass is 79.9. The van der Waals surface area contributed by atoms with Gasteiger partial charge < -0.3 is 4.42 Å². The Morgan fingerprint density at radius 3 is 2.57 bits per heavy atom. The Morgan fingerprint density at radius 2 is 1.93 bits per heavy atom. The fourth-order valence-corrected chi connectivity index (χ4v) is 1.58. The molecule has 0 saturated heterocycles. The van der Waals surface area contributed by atoms with Gasteiger partial charge in [-0.3, -0.25) is 0 Å². The van der Waals surface area contributed by atoms with E-state index in [2.05, 4.69) is 15.9 Å². The van der Waals surface area contributed by atoms with E-state index in [1.165, 1.54) is 12.3 Å². The Labute approximate surface area is 85.6 Å². The summed E-state index contributed by atoms with van der Waals surface area (Å²) in [5, 5.41) is 0.430. The summed E-state index contributed by atoms with van der Waals surface area (Å²) < 4.78 is 42.5. The third-order valence-corrected chi connectivity index (χ3v) is 2.47. The Bertz CT molecular complexity index is 472. The maximum atomic E-state index is 12.3. The minimum atomic E-state index is -4.31. The molecule has 1 heterocycles. The first-order valence-electron chi connectivity index (χ1n) is 3.72. The molecule has 0 amide bonds. The Morgan fingerprint density at radius 1 is 1.21 bits per heavy atom. The van der Waals surface area contributed by atoms with Crippen molar-refractivity contribution in [1.82, 2.24) is 0 Å². The van der Waals surface area contributed by atoms with Crippen molar-refractivity contribution >= 4 is 26.9 Å². The van der Waals surface area contributed by atoms with Gasteiger partial charge in [0.1, 0.15) is 11.8 Å². The van der Waals surface area contributed by atoms with Crippen LogP contribution < -0.4 is 0 Å². The number of rotatable bonds is 0. The molecule has 0 aliphatic rings. The molecule has 1 nitrogen and oxygen atoms in total. The van der Waals surface area contributed by atoms with Crippen LogP contribution in [0.5, 0.6) is 0 Å². The number of benzene rings is 1. The summed E-state index contributed by atoms with van der Waals surface area (Å²) in [6.45, 7) is 0. The van der Waals surface area contributed by atoms with Crippen molar-refractivity contribution in [1.29, 1.82) is 0 Å². The van der Waals surface area contributed by atoms with E-state index in [-0.39, 0.29) is 0 Å². The first-order valence-corrected chi connectivity index (χ1v) is 4.52. The third kappa shape index (κ3) is 1.52. The summed E-state index contributed by atoms with van der Waals surface area (Å²) in [5.74, 6) is 0. The lowest BCUT2D eigenvalue weighted by atomic mass is 10.1. The zero-order valence-electron chi connectivity index (χ0n) is 6.73. The molecule has 0 aliphatic carbocycles. The van der Waals surface area contributed by atoms with E-state index in [9.17, 15) is 13.2 Å². The molecule has 0 aliphatic heterocycles. The van der Waals surface area contributed by atoms with E-state index in [4.69, 9.17) is 4.42 Å². The van der Waals surface area contributed by atoms with Gasteiger partial charge in [-0.1, -0.05) is 0 Å². The predicted octanol–water partition coefficient (Wildman–Crippen LogP) is 4.21. The minimum Gasteiger partial charge on any atom is -0.463 e. The number of furan rings is 1. The van der Waals surface area contributed by atoms with Crippen molar-refractivity contribution < 1.29 is 17.6 Å². The number of hydrogen-bond acceptors (Lipinski definition) is 1. The molecule has 2 rings (SSSR count). The molecule has 5 heteroatoms. The molecule has 0 bridgehead atoms. The van der Waals surface area contributed by atoms with Crippen molar-refractivity contribution in [2.24, 2.45) is 0 Å². The normalized spacial score (nSPS) is 12.3. The van der Waals surface area contributed by atoms with E-state index < -0.39 is 11.7 Å². The van der Waals surface area contributed by atoms with Crippen molar-refractivity contribution in [3.05, 3.63) is 34.5 Å². The van der Waals surface area contributed by atoms with E-state index in [0.29, 0.717) is 15.4 Å². The molecule has 1 aromatic carbocycles. The summed E-state index contributed by atoms with van der Waals surface area (Å²) in [7, 11) is 0. The van der Waals surface area contributed by atoms with Crippen LogP contribution in [0.25, 0.3) is 11.0 Å². The minimum absolute atomic E-state index is 0.430. The lowest BCUT2D eigenvalue weighted by molar-refractivity contribution is -0.137. The average molecular weight is 265 g/mol. The van der Waals surface area contributed by atoms with E-state index >= 15 is 0 Å². The van der Waals surface area contributed by atoms with Crippen molar-refractivity contribution in [2.75, 3.05) is 0 Å². The van der Waals surface area contributed by atoms with Crippen LogP contribution >= 0.6 is 15.9 Å². The third-order valence-electron chi connectivity index (χ3n) is 1.85. The van der Waals surface area contributed by atoms with Crippen molar-refractivity contribution in [3.63, 3.8) is 0 Å². The van der Waals surface area contributed by atoms with Gasteiger partial charge in [-0.15, -0.1) is 0 Å². The van der Waals surface area contributed by atoms with Gasteiger partial charge in [-0.2, -0.15) is 13.2 Å². The summed E-state index contributed by atoms with van der Waals surface area (Å²) in [6.07, 6.45) is -2.95. The molecule has 2 aromatic rings. The molecule has 1 aromatic heterocycles. The molecule has 14 heavy (non-hydrogen) atoms. The molecule has 0 N–H and O–H groups in total. The molecule has 0 fully saturated rings.